The number of ether oxygens (including phenoxy) is 2. The Morgan fingerprint density at radius 3 is 2.57 bits per heavy atom. The highest BCUT2D eigenvalue weighted by molar-refractivity contribution is 6.09. The molecule has 0 aromatic heterocycles. The lowest BCUT2D eigenvalue weighted by atomic mass is 10.1. The monoisotopic (exact) mass is 381 g/mol. The number of nitrogens with zero attached hydrogens (tertiary/aromatic N) is 2. The van der Waals surface area contributed by atoms with Crippen LogP contribution in [0.5, 0.6) is 5.75 Å². The quantitative estimate of drug-likeness (QED) is 0.636. The normalized spacial score (nSPS) is 14.3. The predicted octanol–water partition coefficient (Wildman–Crippen LogP) is 3.22. The third-order valence-electron chi connectivity index (χ3n) is 4.35. The first-order chi connectivity index (χ1) is 13.6. The Morgan fingerprint density at radius 1 is 1.25 bits per heavy atom. The van der Waals surface area contributed by atoms with E-state index in [1.807, 2.05) is 11.0 Å². The number of hydrogen-bond acceptors (Lipinski definition) is 5. The highest BCUT2D eigenvalue weighted by atomic mass is 19.1. The van der Waals surface area contributed by atoms with Crippen LogP contribution >= 0.6 is 0 Å². The Hall–Kier alpha value is -3.37. The SMILES string of the molecule is COc1ccc(NC(=O)/C(C#N)=C\c2ccc(N3CCOCC3)c(F)c2)cc1. The first kappa shape index (κ1) is 19.4. The van der Waals surface area contributed by atoms with Crippen LogP contribution in [0, 0.1) is 17.1 Å². The lowest BCUT2D eigenvalue weighted by Gasteiger charge is -2.29. The van der Waals surface area contributed by atoms with E-state index in [2.05, 4.69) is 5.32 Å². The van der Waals surface area contributed by atoms with Crippen LogP contribution in [0.25, 0.3) is 6.08 Å². The first-order valence-electron chi connectivity index (χ1n) is 8.80. The van der Waals surface area contributed by atoms with E-state index in [9.17, 15) is 14.4 Å². The standard InChI is InChI=1S/C21H20FN3O3/c1-27-18-5-3-17(4-6-18)24-21(26)16(14-23)12-15-2-7-20(19(22)13-15)25-8-10-28-11-9-25/h2-7,12-13H,8-11H2,1H3,(H,24,26)/b16-12-. The number of amides is 1. The predicted molar refractivity (Wildman–Crippen MR) is 105 cm³/mol. The second-order valence-electron chi connectivity index (χ2n) is 6.16. The molecule has 3 rings (SSSR count). The number of halogens is 1. The number of anilines is 2. The van der Waals surface area contributed by atoms with Gasteiger partial charge in [0.15, 0.2) is 0 Å². The maximum atomic E-state index is 14.5. The molecule has 28 heavy (non-hydrogen) atoms. The van der Waals surface area contributed by atoms with Crippen LogP contribution in [0.3, 0.4) is 0 Å². The number of morpholine rings is 1. The fourth-order valence-electron chi connectivity index (χ4n) is 2.86. The van der Waals surface area contributed by atoms with Gasteiger partial charge in [0.05, 0.1) is 26.0 Å². The number of hydrogen-bond donors (Lipinski definition) is 1. The number of carbonyl (C=O) groups excluding carboxylic acids is 1. The highest BCUT2D eigenvalue weighted by Gasteiger charge is 2.16. The summed E-state index contributed by atoms with van der Waals surface area (Å²) in [7, 11) is 1.55. The minimum atomic E-state index is -0.565. The third-order valence-corrected chi connectivity index (χ3v) is 4.35. The molecule has 2 aromatic rings. The Bertz CT molecular complexity index is 913. The van der Waals surface area contributed by atoms with Crippen molar-refractivity contribution in [2.45, 2.75) is 0 Å². The van der Waals surface area contributed by atoms with E-state index >= 15 is 0 Å². The van der Waals surface area contributed by atoms with Crippen molar-refractivity contribution >= 4 is 23.4 Å². The summed E-state index contributed by atoms with van der Waals surface area (Å²) < 4.78 is 24.8. The molecule has 0 spiro atoms. The van der Waals surface area contributed by atoms with Crippen molar-refractivity contribution in [2.75, 3.05) is 43.6 Å². The summed E-state index contributed by atoms with van der Waals surface area (Å²) in [6.07, 6.45) is 1.37. The summed E-state index contributed by atoms with van der Waals surface area (Å²) in [5, 5.41) is 12.0. The van der Waals surface area contributed by atoms with Crippen molar-refractivity contribution in [3.63, 3.8) is 0 Å². The lowest BCUT2D eigenvalue weighted by Crippen LogP contribution is -2.36. The summed E-state index contributed by atoms with van der Waals surface area (Å²) in [6.45, 7) is 2.37. The number of methoxy groups -OCH3 is 1. The Balaban J connectivity index is 1.74. The van der Waals surface area contributed by atoms with Gasteiger partial charge in [-0.3, -0.25) is 4.79 Å². The van der Waals surface area contributed by atoms with E-state index in [1.165, 1.54) is 12.1 Å². The fourth-order valence-corrected chi connectivity index (χ4v) is 2.86. The molecule has 1 N–H and O–H groups in total. The molecule has 144 valence electrons. The Kier molecular flexibility index (Phi) is 6.25. The minimum absolute atomic E-state index is 0.116. The average Bonchev–Trinajstić information content (AvgIpc) is 2.73. The van der Waals surface area contributed by atoms with Crippen LogP contribution in [0.2, 0.25) is 0 Å². The van der Waals surface area contributed by atoms with Crippen molar-refractivity contribution < 1.29 is 18.7 Å². The molecule has 1 saturated heterocycles. The molecule has 6 nitrogen and oxygen atoms in total. The third kappa shape index (κ3) is 4.67. The summed E-state index contributed by atoms with van der Waals surface area (Å²) in [6, 6.07) is 13.3. The molecule has 0 radical (unpaired) electrons. The van der Waals surface area contributed by atoms with E-state index in [-0.39, 0.29) is 5.57 Å². The van der Waals surface area contributed by atoms with Gasteiger partial charge in [-0.1, -0.05) is 6.07 Å². The molecule has 1 aliphatic rings. The smallest absolute Gasteiger partial charge is 0.266 e. The average molecular weight is 381 g/mol. The Morgan fingerprint density at radius 2 is 1.96 bits per heavy atom. The van der Waals surface area contributed by atoms with Crippen LogP contribution in [0.1, 0.15) is 5.56 Å². The van der Waals surface area contributed by atoms with Crippen molar-refractivity contribution in [1.29, 1.82) is 5.26 Å². The van der Waals surface area contributed by atoms with Gasteiger partial charge in [0.1, 0.15) is 23.2 Å². The molecule has 1 fully saturated rings. The van der Waals surface area contributed by atoms with Crippen molar-refractivity contribution in [3.05, 3.63) is 59.4 Å². The lowest BCUT2D eigenvalue weighted by molar-refractivity contribution is -0.112. The molecule has 0 atom stereocenters. The molecule has 1 heterocycles. The Labute approximate surface area is 162 Å². The van der Waals surface area contributed by atoms with E-state index in [4.69, 9.17) is 9.47 Å². The molecule has 1 aliphatic heterocycles. The number of nitrogens with one attached hydrogen (secondary N) is 1. The van der Waals surface area contributed by atoms with Gasteiger partial charge in [-0.2, -0.15) is 5.26 Å². The molecule has 0 unspecified atom stereocenters. The zero-order valence-corrected chi connectivity index (χ0v) is 15.4. The first-order valence-corrected chi connectivity index (χ1v) is 8.80. The number of benzene rings is 2. The van der Waals surface area contributed by atoms with Gasteiger partial charge >= 0.3 is 0 Å². The van der Waals surface area contributed by atoms with Gasteiger partial charge in [-0.25, -0.2) is 4.39 Å². The molecule has 2 aromatic carbocycles. The highest BCUT2D eigenvalue weighted by Crippen LogP contribution is 2.23. The van der Waals surface area contributed by atoms with E-state index in [1.54, 1.807) is 43.5 Å². The van der Waals surface area contributed by atoms with Crippen LogP contribution < -0.4 is 15.0 Å². The van der Waals surface area contributed by atoms with Crippen LogP contribution in [0.4, 0.5) is 15.8 Å². The zero-order chi connectivity index (χ0) is 19.9. The molecule has 7 heteroatoms. The molecule has 0 bridgehead atoms. The van der Waals surface area contributed by atoms with Crippen LogP contribution in [-0.2, 0) is 9.53 Å². The van der Waals surface area contributed by atoms with Crippen molar-refractivity contribution in [2.24, 2.45) is 0 Å². The van der Waals surface area contributed by atoms with E-state index < -0.39 is 11.7 Å². The van der Waals surface area contributed by atoms with Gasteiger partial charge in [0.25, 0.3) is 5.91 Å². The number of nitriles is 1. The number of rotatable bonds is 5. The largest absolute Gasteiger partial charge is 0.497 e. The summed E-state index contributed by atoms with van der Waals surface area (Å²) >= 11 is 0. The molecular weight excluding hydrogens is 361 g/mol. The fraction of sp³-hybridized carbons (Fsp3) is 0.238. The van der Waals surface area contributed by atoms with Crippen LogP contribution in [0.15, 0.2) is 48.0 Å². The van der Waals surface area contributed by atoms with Gasteiger partial charge in [0.2, 0.25) is 0 Å². The molecule has 0 aliphatic carbocycles. The van der Waals surface area contributed by atoms with E-state index in [0.717, 1.165) is 0 Å². The minimum Gasteiger partial charge on any atom is -0.497 e. The zero-order valence-electron chi connectivity index (χ0n) is 15.4. The number of carbonyl (C=O) groups is 1. The van der Waals surface area contributed by atoms with Gasteiger partial charge < -0.3 is 19.7 Å². The van der Waals surface area contributed by atoms with Gasteiger partial charge in [-0.05, 0) is 48.0 Å². The van der Waals surface area contributed by atoms with E-state index in [0.29, 0.717) is 49.0 Å². The van der Waals surface area contributed by atoms with Crippen LogP contribution in [-0.4, -0.2) is 39.3 Å². The van der Waals surface area contributed by atoms with Crippen molar-refractivity contribution in [1.82, 2.24) is 0 Å². The van der Waals surface area contributed by atoms with Crippen molar-refractivity contribution in [3.8, 4) is 11.8 Å². The summed E-state index contributed by atoms with van der Waals surface area (Å²) in [5.74, 6) is -0.307. The van der Waals surface area contributed by atoms with Gasteiger partial charge in [-0.15, -0.1) is 0 Å². The molecule has 0 saturated carbocycles. The van der Waals surface area contributed by atoms with Gasteiger partial charge in [0, 0.05) is 18.8 Å². The molecular formula is C21H20FN3O3. The summed E-state index contributed by atoms with van der Waals surface area (Å²) in [4.78, 5) is 14.3. The topological polar surface area (TPSA) is 74.6 Å². The second-order valence-corrected chi connectivity index (χ2v) is 6.16. The summed E-state index contributed by atoms with van der Waals surface area (Å²) in [5.41, 5.74) is 1.34. The maximum Gasteiger partial charge on any atom is 0.266 e. The maximum absolute atomic E-state index is 14.5. The molecule has 1 amide bonds. The second kappa shape index (κ2) is 9.02.